The molecule has 0 bridgehead atoms. The molecule has 0 aliphatic carbocycles. The maximum absolute atomic E-state index is 13.3. The van der Waals surface area contributed by atoms with E-state index in [4.69, 9.17) is 14.5 Å². The summed E-state index contributed by atoms with van der Waals surface area (Å²) in [5.41, 5.74) is 0.304. The molecule has 1 heterocycles. The number of sulfone groups is 1. The van der Waals surface area contributed by atoms with Crippen LogP contribution >= 0.6 is 7.82 Å². The predicted molar refractivity (Wildman–Crippen MR) is 168 cm³/mol. The molecule has 0 aromatic heterocycles. The third-order valence-corrected chi connectivity index (χ3v) is 10.00. The normalized spacial score (nSPS) is 17.3. The zero-order valence-corrected chi connectivity index (χ0v) is 30.6. The Bertz CT molecular complexity index is 1720. The topological polar surface area (TPSA) is 152 Å². The number of ether oxygens (including phenoxy) is 2. The second kappa shape index (κ2) is 17.8. The van der Waals surface area contributed by atoms with Crippen LogP contribution in [0.5, 0.6) is 5.75 Å². The van der Waals surface area contributed by atoms with Gasteiger partial charge < -0.3 is 30.9 Å². The second-order valence-corrected chi connectivity index (χ2v) is 14.6. The van der Waals surface area contributed by atoms with Crippen LogP contribution in [0, 0.1) is 0 Å². The Kier molecular flexibility index (Phi) is 14.8. The molecule has 0 saturated carbocycles. The van der Waals surface area contributed by atoms with Crippen molar-refractivity contribution < 1.29 is 94.5 Å². The van der Waals surface area contributed by atoms with Gasteiger partial charge in [0.15, 0.2) is 9.84 Å². The van der Waals surface area contributed by atoms with Crippen molar-refractivity contribution in [2.75, 3.05) is 30.4 Å². The van der Waals surface area contributed by atoms with Crippen LogP contribution in [0.4, 0.5) is 27.6 Å². The molecular formula is C31H35F5N2NaO9PS. The van der Waals surface area contributed by atoms with Crippen LogP contribution < -0.4 is 44.5 Å². The maximum atomic E-state index is 13.3. The minimum absolute atomic E-state index is 0. The van der Waals surface area contributed by atoms with Crippen molar-refractivity contribution in [2.24, 2.45) is 0 Å². The molecule has 1 fully saturated rings. The van der Waals surface area contributed by atoms with Gasteiger partial charge in [-0.1, -0.05) is 19.1 Å². The van der Waals surface area contributed by atoms with Gasteiger partial charge in [-0.3, -0.25) is 9.32 Å². The number of benzene rings is 3. The number of carbonyl (C=O) groups is 1. The van der Waals surface area contributed by atoms with Gasteiger partial charge in [0.1, 0.15) is 11.9 Å². The fourth-order valence-electron chi connectivity index (χ4n) is 5.26. The van der Waals surface area contributed by atoms with E-state index >= 15 is 0 Å². The first-order valence-electron chi connectivity index (χ1n) is 14.9. The third-order valence-electron chi connectivity index (χ3n) is 7.73. The van der Waals surface area contributed by atoms with Gasteiger partial charge in [0.05, 0.1) is 48.1 Å². The van der Waals surface area contributed by atoms with E-state index in [0.29, 0.717) is 11.3 Å². The fraction of sp³-hybridized carbons (Fsp3) is 0.387. The van der Waals surface area contributed by atoms with Gasteiger partial charge in [0, 0.05) is 17.7 Å². The van der Waals surface area contributed by atoms with Crippen LogP contribution in [-0.4, -0.2) is 68.4 Å². The molecule has 0 radical (unpaired) electrons. The standard InChI is InChI=1S/C31H34F5N2O9PS.Na.H/c1-2-49(43,44)27-13-5-20(6-14-27)28(15-16-46-48(40,41)42)37-29(39)21-3-9-23(10-4-21)38-18-26(17-24(38)19-45-30(32)33)47-25-11-7-22(8-12-25)31(34,35)36;;/h3-14,24,26,28,30H,2,15-19H2,1H3,(H,37,39)(H2,40,41,42);;/q;+1;-1/t24-,26-,28-;;/m0../s1. The molecule has 50 heavy (non-hydrogen) atoms. The quantitative estimate of drug-likeness (QED) is 0.120. The number of phosphoric ester groups is 1. The summed E-state index contributed by atoms with van der Waals surface area (Å²) in [6.07, 6.45) is -4.96. The Morgan fingerprint density at radius 3 is 2.20 bits per heavy atom. The molecular weight excluding hydrogens is 725 g/mol. The summed E-state index contributed by atoms with van der Waals surface area (Å²) in [6, 6.07) is 14.5. The van der Waals surface area contributed by atoms with E-state index in [-0.39, 0.29) is 78.9 Å². The zero-order valence-electron chi connectivity index (χ0n) is 27.9. The Morgan fingerprint density at radius 2 is 1.66 bits per heavy atom. The molecule has 19 heteroatoms. The van der Waals surface area contributed by atoms with Crippen molar-refractivity contribution in [3.05, 3.63) is 89.5 Å². The number of nitrogens with zero attached hydrogens (tertiary/aromatic N) is 1. The van der Waals surface area contributed by atoms with Crippen molar-refractivity contribution in [1.29, 1.82) is 0 Å². The number of carbonyl (C=O) groups excluding carboxylic acids is 1. The van der Waals surface area contributed by atoms with Crippen molar-refractivity contribution in [2.45, 2.75) is 55.6 Å². The van der Waals surface area contributed by atoms with Gasteiger partial charge in [-0.05, 0) is 72.6 Å². The van der Waals surface area contributed by atoms with Crippen molar-refractivity contribution in [3.63, 3.8) is 0 Å². The minimum atomic E-state index is -4.80. The van der Waals surface area contributed by atoms with Crippen LogP contribution in [0.25, 0.3) is 0 Å². The Balaban J connectivity index is 0.00000451. The SMILES string of the molecule is CCS(=O)(=O)c1ccc([C@H](CCOP(=O)(O)O)NC(=O)c2ccc(N3C[C@@H](Oc4ccc(C(F)(F)F)cc4)C[C@H]3COC(F)F)cc2)cc1.[H-].[Na+]. The van der Waals surface area contributed by atoms with Crippen LogP contribution in [0.15, 0.2) is 77.7 Å². The first-order valence-corrected chi connectivity index (χ1v) is 18.1. The Labute approximate surface area is 309 Å². The number of rotatable bonds is 15. The summed E-state index contributed by atoms with van der Waals surface area (Å²) < 4.78 is 115. The van der Waals surface area contributed by atoms with Gasteiger partial charge >= 0.3 is 50.2 Å². The van der Waals surface area contributed by atoms with Crippen molar-refractivity contribution >= 4 is 29.3 Å². The van der Waals surface area contributed by atoms with E-state index in [0.717, 1.165) is 12.1 Å². The second-order valence-electron chi connectivity index (χ2n) is 11.1. The number of amides is 1. The van der Waals surface area contributed by atoms with E-state index in [1.165, 1.54) is 55.5 Å². The van der Waals surface area contributed by atoms with E-state index < -0.39 is 66.7 Å². The molecule has 1 aliphatic heterocycles. The summed E-state index contributed by atoms with van der Waals surface area (Å²) in [5.74, 6) is -0.536. The zero-order chi connectivity index (χ0) is 36.0. The first kappa shape index (κ1) is 41.8. The molecule has 11 nitrogen and oxygen atoms in total. The molecule has 3 aromatic rings. The van der Waals surface area contributed by atoms with E-state index in [1.54, 1.807) is 17.0 Å². The summed E-state index contributed by atoms with van der Waals surface area (Å²) >= 11 is 0. The monoisotopic (exact) mass is 760 g/mol. The molecule has 270 valence electrons. The van der Waals surface area contributed by atoms with Crippen molar-refractivity contribution in [1.82, 2.24) is 5.32 Å². The van der Waals surface area contributed by atoms with Crippen LogP contribution in [-0.2, 0) is 29.8 Å². The first-order chi connectivity index (χ1) is 22.9. The summed E-state index contributed by atoms with van der Waals surface area (Å²) in [5, 5.41) is 2.76. The molecule has 0 spiro atoms. The Morgan fingerprint density at radius 1 is 1.04 bits per heavy atom. The number of phosphoric acid groups is 1. The largest absolute Gasteiger partial charge is 1.00 e. The van der Waals surface area contributed by atoms with Gasteiger partial charge in [-0.25, -0.2) is 13.0 Å². The molecule has 1 aliphatic rings. The van der Waals surface area contributed by atoms with Gasteiger partial charge in [0.2, 0.25) is 0 Å². The van der Waals surface area contributed by atoms with Gasteiger partial charge in [0.25, 0.3) is 5.91 Å². The molecule has 3 N–H and O–H groups in total. The molecule has 0 unspecified atom stereocenters. The molecule has 1 saturated heterocycles. The predicted octanol–water partition coefficient (Wildman–Crippen LogP) is 2.85. The average molecular weight is 761 g/mol. The fourth-order valence-corrected chi connectivity index (χ4v) is 6.49. The molecule has 4 rings (SSSR count). The summed E-state index contributed by atoms with van der Waals surface area (Å²) in [4.78, 5) is 33.2. The van der Waals surface area contributed by atoms with E-state index in [1.807, 2.05) is 0 Å². The third kappa shape index (κ3) is 12.0. The number of hydrogen-bond acceptors (Lipinski definition) is 8. The molecule has 3 aromatic carbocycles. The van der Waals surface area contributed by atoms with E-state index in [9.17, 15) is 39.7 Å². The van der Waals surface area contributed by atoms with Gasteiger partial charge in [-0.15, -0.1) is 0 Å². The number of alkyl halides is 5. The average Bonchev–Trinajstić information content (AvgIpc) is 3.45. The smallest absolute Gasteiger partial charge is 1.00 e. The summed E-state index contributed by atoms with van der Waals surface area (Å²) in [7, 11) is -8.30. The van der Waals surface area contributed by atoms with Crippen LogP contribution in [0.2, 0.25) is 0 Å². The molecule has 1 amide bonds. The number of nitrogens with one attached hydrogen (secondary N) is 1. The summed E-state index contributed by atoms with van der Waals surface area (Å²) in [6.45, 7) is -2.17. The van der Waals surface area contributed by atoms with Crippen molar-refractivity contribution in [3.8, 4) is 5.75 Å². The Hall–Kier alpha value is -2.60. The van der Waals surface area contributed by atoms with Crippen LogP contribution in [0.3, 0.4) is 0 Å². The molecule has 3 atom stereocenters. The van der Waals surface area contributed by atoms with E-state index in [2.05, 4.69) is 14.6 Å². The number of hydrogen-bond donors (Lipinski definition) is 3. The van der Waals surface area contributed by atoms with Gasteiger partial charge in [-0.2, -0.15) is 22.0 Å². The maximum Gasteiger partial charge on any atom is 1.00 e. The number of anilines is 1. The number of halogens is 5. The van der Waals surface area contributed by atoms with Crippen LogP contribution in [0.1, 0.15) is 48.7 Å². The minimum Gasteiger partial charge on any atom is -1.00 e.